The molecule has 0 spiro atoms. The molecular weight excluding hydrogens is 397 g/mol. The summed E-state index contributed by atoms with van der Waals surface area (Å²) in [7, 11) is 0. The summed E-state index contributed by atoms with van der Waals surface area (Å²) in [4.78, 5) is 6.07. The first-order valence-corrected chi connectivity index (χ1v) is 8.34. The summed E-state index contributed by atoms with van der Waals surface area (Å²) in [6.45, 7) is 7.74. The quantitative estimate of drug-likeness (QED) is 0.420. The topological polar surface area (TPSA) is 45.7 Å². The maximum atomic E-state index is 5.62. The van der Waals surface area contributed by atoms with Crippen molar-refractivity contribution < 1.29 is 4.74 Å². The molecular formula is C15H26IN3OS. The average molecular weight is 423 g/mol. The second-order valence-electron chi connectivity index (χ2n) is 5.15. The van der Waals surface area contributed by atoms with Crippen molar-refractivity contribution >= 4 is 41.3 Å². The molecule has 1 aliphatic rings. The Labute approximate surface area is 148 Å². The van der Waals surface area contributed by atoms with Crippen LogP contribution in [0.5, 0.6) is 0 Å². The van der Waals surface area contributed by atoms with Gasteiger partial charge < -0.3 is 15.4 Å². The molecule has 6 heteroatoms. The Morgan fingerprint density at radius 1 is 1.52 bits per heavy atom. The van der Waals surface area contributed by atoms with Crippen LogP contribution in [0.4, 0.5) is 0 Å². The Bertz CT molecular complexity index is 405. The molecule has 1 saturated heterocycles. The predicted molar refractivity (Wildman–Crippen MR) is 101 cm³/mol. The monoisotopic (exact) mass is 423 g/mol. The number of ether oxygens (including phenoxy) is 1. The van der Waals surface area contributed by atoms with Crippen LogP contribution in [-0.4, -0.2) is 38.3 Å². The van der Waals surface area contributed by atoms with Gasteiger partial charge in [0.25, 0.3) is 0 Å². The molecule has 0 aliphatic carbocycles. The average Bonchev–Trinajstić information content (AvgIpc) is 3.13. The number of nitrogens with one attached hydrogen (secondary N) is 2. The van der Waals surface area contributed by atoms with Crippen LogP contribution < -0.4 is 10.6 Å². The van der Waals surface area contributed by atoms with Gasteiger partial charge in [0.15, 0.2) is 5.96 Å². The van der Waals surface area contributed by atoms with E-state index in [9.17, 15) is 0 Å². The van der Waals surface area contributed by atoms with Crippen LogP contribution in [0.1, 0.15) is 37.5 Å². The molecule has 0 saturated carbocycles. The molecule has 2 unspecified atom stereocenters. The number of halogens is 1. The van der Waals surface area contributed by atoms with Gasteiger partial charge in [0.05, 0.1) is 12.6 Å². The van der Waals surface area contributed by atoms with Crippen LogP contribution in [0.2, 0.25) is 0 Å². The molecule has 1 aromatic heterocycles. The summed E-state index contributed by atoms with van der Waals surface area (Å²) in [6.07, 6.45) is 2.67. The van der Waals surface area contributed by atoms with Gasteiger partial charge in [0.2, 0.25) is 0 Å². The standard InChI is InChI=1S/C15H25N3OS.HI/c1-3-16-15(18-11-13-6-4-8-19-13)17-10-12(2)14-7-5-9-20-14;/h5,7,9,12-13H,3-4,6,8,10-11H2,1-2H3,(H2,16,17,18);1H. The van der Waals surface area contributed by atoms with E-state index in [0.29, 0.717) is 12.0 Å². The van der Waals surface area contributed by atoms with Crippen LogP contribution in [0.25, 0.3) is 0 Å². The van der Waals surface area contributed by atoms with Gasteiger partial charge in [-0.15, -0.1) is 35.3 Å². The smallest absolute Gasteiger partial charge is 0.191 e. The molecule has 21 heavy (non-hydrogen) atoms. The third-order valence-corrected chi connectivity index (χ3v) is 4.52. The van der Waals surface area contributed by atoms with E-state index in [2.05, 4.69) is 47.0 Å². The fourth-order valence-corrected chi connectivity index (χ4v) is 3.03. The molecule has 2 rings (SSSR count). The molecule has 0 aromatic carbocycles. The number of aliphatic imine (C=N–C) groups is 1. The van der Waals surface area contributed by atoms with E-state index in [1.807, 2.05) is 0 Å². The Balaban J connectivity index is 0.00000220. The molecule has 0 bridgehead atoms. The molecule has 2 heterocycles. The van der Waals surface area contributed by atoms with E-state index in [1.165, 1.54) is 11.3 Å². The molecule has 0 radical (unpaired) electrons. The minimum atomic E-state index is 0. The molecule has 1 aliphatic heterocycles. The summed E-state index contributed by atoms with van der Waals surface area (Å²) in [5, 5.41) is 8.80. The van der Waals surface area contributed by atoms with Crippen LogP contribution in [-0.2, 0) is 4.74 Å². The van der Waals surface area contributed by atoms with Crippen LogP contribution in [0.15, 0.2) is 22.5 Å². The van der Waals surface area contributed by atoms with Crippen LogP contribution in [0.3, 0.4) is 0 Å². The first-order chi connectivity index (χ1) is 9.79. The van der Waals surface area contributed by atoms with Crippen molar-refractivity contribution in [2.75, 3.05) is 26.2 Å². The number of rotatable bonds is 6. The first kappa shape index (κ1) is 18.7. The van der Waals surface area contributed by atoms with E-state index in [4.69, 9.17) is 4.74 Å². The lowest BCUT2D eigenvalue weighted by Crippen LogP contribution is -2.41. The van der Waals surface area contributed by atoms with E-state index in [1.54, 1.807) is 11.3 Å². The van der Waals surface area contributed by atoms with Gasteiger partial charge in [-0.05, 0) is 31.2 Å². The maximum Gasteiger partial charge on any atom is 0.191 e. The summed E-state index contributed by atoms with van der Waals surface area (Å²) >= 11 is 1.80. The maximum absolute atomic E-state index is 5.62. The fraction of sp³-hybridized carbons (Fsp3) is 0.667. The molecule has 2 atom stereocenters. The second-order valence-corrected chi connectivity index (χ2v) is 6.13. The number of hydrogen-bond donors (Lipinski definition) is 2. The lowest BCUT2D eigenvalue weighted by atomic mass is 10.1. The van der Waals surface area contributed by atoms with Crippen molar-refractivity contribution in [2.45, 2.75) is 38.7 Å². The predicted octanol–water partition coefficient (Wildman–Crippen LogP) is 3.20. The highest BCUT2D eigenvalue weighted by Gasteiger charge is 2.15. The molecule has 120 valence electrons. The Morgan fingerprint density at radius 2 is 2.38 bits per heavy atom. The molecule has 2 N–H and O–H groups in total. The number of thiophene rings is 1. The summed E-state index contributed by atoms with van der Waals surface area (Å²) in [5.74, 6) is 1.36. The zero-order valence-corrected chi connectivity index (χ0v) is 15.9. The Hall–Kier alpha value is -0.340. The van der Waals surface area contributed by atoms with Crippen molar-refractivity contribution in [3.8, 4) is 0 Å². The normalized spacial score (nSPS) is 19.9. The zero-order chi connectivity index (χ0) is 14.2. The third kappa shape index (κ3) is 6.52. The zero-order valence-electron chi connectivity index (χ0n) is 12.8. The molecule has 0 amide bonds. The minimum Gasteiger partial charge on any atom is -0.376 e. The van der Waals surface area contributed by atoms with E-state index >= 15 is 0 Å². The highest BCUT2D eigenvalue weighted by molar-refractivity contribution is 14.0. The lowest BCUT2D eigenvalue weighted by molar-refractivity contribution is 0.114. The summed E-state index contributed by atoms with van der Waals surface area (Å²) < 4.78 is 5.62. The van der Waals surface area contributed by atoms with Gasteiger partial charge in [-0.3, -0.25) is 4.99 Å². The molecule has 1 fully saturated rings. The van der Waals surface area contributed by atoms with Crippen molar-refractivity contribution in [1.82, 2.24) is 10.6 Å². The van der Waals surface area contributed by atoms with Gasteiger partial charge >= 0.3 is 0 Å². The lowest BCUT2D eigenvalue weighted by Gasteiger charge is -2.15. The second kappa shape index (κ2) is 10.4. The van der Waals surface area contributed by atoms with Gasteiger partial charge in [0.1, 0.15) is 0 Å². The van der Waals surface area contributed by atoms with Crippen molar-refractivity contribution in [3.05, 3.63) is 22.4 Å². The van der Waals surface area contributed by atoms with E-state index in [-0.39, 0.29) is 24.0 Å². The van der Waals surface area contributed by atoms with Gasteiger partial charge in [-0.2, -0.15) is 0 Å². The number of hydrogen-bond acceptors (Lipinski definition) is 3. The Morgan fingerprint density at radius 3 is 3.00 bits per heavy atom. The van der Waals surface area contributed by atoms with Crippen molar-refractivity contribution in [2.24, 2.45) is 4.99 Å². The van der Waals surface area contributed by atoms with Crippen molar-refractivity contribution in [3.63, 3.8) is 0 Å². The highest BCUT2D eigenvalue weighted by atomic mass is 127. The largest absolute Gasteiger partial charge is 0.376 e. The van der Waals surface area contributed by atoms with E-state index < -0.39 is 0 Å². The summed E-state index contributed by atoms with van der Waals surface area (Å²) in [6, 6.07) is 4.28. The van der Waals surface area contributed by atoms with Gasteiger partial charge in [0, 0.05) is 30.5 Å². The van der Waals surface area contributed by atoms with Crippen molar-refractivity contribution in [1.29, 1.82) is 0 Å². The van der Waals surface area contributed by atoms with E-state index in [0.717, 1.165) is 38.6 Å². The van der Waals surface area contributed by atoms with Crippen LogP contribution >= 0.6 is 35.3 Å². The first-order valence-electron chi connectivity index (χ1n) is 7.46. The third-order valence-electron chi connectivity index (χ3n) is 3.42. The van der Waals surface area contributed by atoms with Gasteiger partial charge in [-0.1, -0.05) is 13.0 Å². The number of guanidine groups is 1. The fourth-order valence-electron chi connectivity index (χ4n) is 2.25. The van der Waals surface area contributed by atoms with Crippen LogP contribution in [0, 0.1) is 0 Å². The summed E-state index contributed by atoms with van der Waals surface area (Å²) in [5.41, 5.74) is 0. The van der Waals surface area contributed by atoms with Gasteiger partial charge in [-0.25, -0.2) is 0 Å². The molecule has 4 nitrogen and oxygen atoms in total. The Kier molecular flexibility index (Phi) is 9.26. The minimum absolute atomic E-state index is 0. The highest BCUT2D eigenvalue weighted by Crippen LogP contribution is 2.20. The SMILES string of the molecule is CCNC(=NCC(C)c1cccs1)NCC1CCCO1.I. The number of nitrogens with zero attached hydrogens (tertiary/aromatic N) is 1. The molecule has 1 aromatic rings.